The van der Waals surface area contributed by atoms with Crippen LogP contribution < -0.4 is 5.73 Å². The number of nitrogens with zero attached hydrogens (tertiary/aromatic N) is 2. The van der Waals surface area contributed by atoms with Gasteiger partial charge in [-0.15, -0.1) is 0 Å². The van der Waals surface area contributed by atoms with Crippen molar-refractivity contribution in [1.82, 2.24) is 9.47 Å². The van der Waals surface area contributed by atoms with E-state index in [1.807, 2.05) is 42.9 Å². The van der Waals surface area contributed by atoms with Crippen molar-refractivity contribution < 1.29 is 4.79 Å². The largest absolute Gasteiger partial charge is 0.344 e. The number of fused-ring (bicyclic) bond motifs is 1. The second-order valence-corrected chi connectivity index (χ2v) is 4.45. The Kier molecular flexibility index (Phi) is 3.67. The lowest BCUT2D eigenvalue weighted by molar-refractivity contribution is -0.130. The average Bonchev–Trinajstić information content (AvgIpc) is 2.80. The number of hydrogen-bond donors (Lipinski definition) is 1. The molecule has 1 amide bonds. The van der Waals surface area contributed by atoms with Gasteiger partial charge in [-0.3, -0.25) is 4.79 Å². The molecule has 0 unspecified atom stereocenters. The first-order chi connectivity index (χ1) is 8.65. The van der Waals surface area contributed by atoms with Crippen molar-refractivity contribution in [2.24, 2.45) is 5.73 Å². The molecular formula is C14H19N3O. The van der Waals surface area contributed by atoms with Crippen molar-refractivity contribution >= 4 is 16.8 Å². The summed E-state index contributed by atoms with van der Waals surface area (Å²) >= 11 is 0. The minimum Gasteiger partial charge on any atom is -0.344 e. The molecular weight excluding hydrogens is 226 g/mol. The Morgan fingerprint density at radius 3 is 2.83 bits per heavy atom. The van der Waals surface area contributed by atoms with Crippen LogP contribution in [0.1, 0.15) is 12.5 Å². The molecule has 0 aliphatic rings. The number of benzene rings is 1. The van der Waals surface area contributed by atoms with Crippen molar-refractivity contribution in [3.05, 3.63) is 36.0 Å². The normalized spacial score (nSPS) is 10.8. The third-order valence-corrected chi connectivity index (χ3v) is 3.28. The highest BCUT2D eigenvalue weighted by atomic mass is 16.2. The number of aromatic nitrogens is 1. The maximum absolute atomic E-state index is 11.9. The summed E-state index contributed by atoms with van der Waals surface area (Å²) in [6.45, 7) is 3.59. The van der Waals surface area contributed by atoms with Crippen LogP contribution in [0.4, 0.5) is 0 Å². The first kappa shape index (κ1) is 12.6. The van der Waals surface area contributed by atoms with E-state index in [0.29, 0.717) is 13.1 Å². The van der Waals surface area contributed by atoms with E-state index in [1.165, 1.54) is 0 Å². The Morgan fingerprint density at radius 2 is 2.17 bits per heavy atom. The van der Waals surface area contributed by atoms with Gasteiger partial charge >= 0.3 is 0 Å². The van der Waals surface area contributed by atoms with Gasteiger partial charge in [0.1, 0.15) is 6.54 Å². The molecule has 4 heteroatoms. The van der Waals surface area contributed by atoms with E-state index >= 15 is 0 Å². The molecule has 0 bridgehead atoms. The zero-order chi connectivity index (χ0) is 13.1. The first-order valence-corrected chi connectivity index (χ1v) is 6.17. The summed E-state index contributed by atoms with van der Waals surface area (Å²) in [4.78, 5) is 13.6. The third-order valence-electron chi connectivity index (χ3n) is 3.28. The summed E-state index contributed by atoms with van der Waals surface area (Å²) in [5.74, 6) is 0.119. The van der Waals surface area contributed by atoms with E-state index in [9.17, 15) is 4.79 Å². The van der Waals surface area contributed by atoms with Gasteiger partial charge in [-0.2, -0.15) is 0 Å². The van der Waals surface area contributed by atoms with Gasteiger partial charge in [-0.1, -0.05) is 12.1 Å². The number of hydrogen-bond acceptors (Lipinski definition) is 2. The summed E-state index contributed by atoms with van der Waals surface area (Å²) in [7, 11) is 1.82. The smallest absolute Gasteiger partial charge is 0.242 e. The van der Waals surface area contributed by atoms with Crippen LogP contribution >= 0.6 is 0 Å². The zero-order valence-corrected chi connectivity index (χ0v) is 10.9. The highest BCUT2D eigenvalue weighted by molar-refractivity contribution is 5.83. The molecule has 1 heterocycles. The van der Waals surface area contributed by atoms with Crippen LogP contribution in [0.15, 0.2) is 30.5 Å². The minimum absolute atomic E-state index is 0.119. The van der Waals surface area contributed by atoms with E-state index in [-0.39, 0.29) is 5.91 Å². The summed E-state index contributed by atoms with van der Waals surface area (Å²) in [6.07, 6.45) is 1.95. The molecule has 0 saturated heterocycles. The van der Waals surface area contributed by atoms with Gasteiger partial charge in [0.25, 0.3) is 0 Å². The summed E-state index contributed by atoms with van der Waals surface area (Å²) in [6, 6.07) is 8.14. The van der Waals surface area contributed by atoms with Crippen molar-refractivity contribution in [3.8, 4) is 0 Å². The molecule has 0 atom stereocenters. The Balaban J connectivity index is 2.30. The van der Waals surface area contributed by atoms with Crippen molar-refractivity contribution in [2.45, 2.75) is 20.0 Å². The Labute approximate surface area is 107 Å². The standard InChI is InChI=1S/C14H19N3O/c1-3-16(2)14(18)10-17-7-6-12-5-4-11(9-15)8-13(12)17/h4-8H,3,9-10,15H2,1-2H3. The van der Waals surface area contributed by atoms with Gasteiger partial charge in [0.05, 0.1) is 0 Å². The van der Waals surface area contributed by atoms with Gasteiger partial charge in [0.2, 0.25) is 5.91 Å². The molecule has 1 aromatic carbocycles. The average molecular weight is 245 g/mol. The summed E-state index contributed by atoms with van der Waals surface area (Å²) in [5, 5.41) is 1.14. The van der Waals surface area contributed by atoms with Crippen LogP contribution in [0, 0.1) is 0 Å². The molecule has 4 nitrogen and oxygen atoms in total. The van der Waals surface area contributed by atoms with Gasteiger partial charge in [-0.05, 0) is 30.0 Å². The fourth-order valence-corrected chi connectivity index (χ4v) is 1.94. The van der Waals surface area contributed by atoms with Crippen LogP contribution in [-0.4, -0.2) is 29.0 Å². The van der Waals surface area contributed by atoms with E-state index in [0.717, 1.165) is 23.0 Å². The van der Waals surface area contributed by atoms with Gasteiger partial charge in [0, 0.05) is 31.9 Å². The van der Waals surface area contributed by atoms with E-state index in [4.69, 9.17) is 5.73 Å². The monoisotopic (exact) mass is 245 g/mol. The molecule has 2 N–H and O–H groups in total. The lowest BCUT2D eigenvalue weighted by Gasteiger charge is -2.15. The maximum atomic E-state index is 11.9. The molecule has 0 spiro atoms. The number of nitrogens with two attached hydrogens (primary N) is 1. The molecule has 0 fully saturated rings. The lowest BCUT2D eigenvalue weighted by atomic mass is 10.1. The third kappa shape index (κ3) is 2.38. The topological polar surface area (TPSA) is 51.3 Å². The number of rotatable bonds is 4. The van der Waals surface area contributed by atoms with Gasteiger partial charge in [-0.25, -0.2) is 0 Å². The molecule has 2 aromatic rings. The second-order valence-electron chi connectivity index (χ2n) is 4.45. The van der Waals surface area contributed by atoms with E-state index in [1.54, 1.807) is 4.90 Å². The van der Waals surface area contributed by atoms with Crippen LogP contribution in [0.3, 0.4) is 0 Å². The molecule has 0 radical (unpaired) electrons. The van der Waals surface area contributed by atoms with Crippen LogP contribution in [0.25, 0.3) is 10.9 Å². The predicted octanol–water partition coefficient (Wildman–Crippen LogP) is 1.58. The maximum Gasteiger partial charge on any atom is 0.242 e. The molecule has 96 valence electrons. The van der Waals surface area contributed by atoms with E-state index < -0.39 is 0 Å². The Bertz CT molecular complexity index is 559. The zero-order valence-electron chi connectivity index (χ0n) is 10.9. The Morgan fingerprint density at radius 1 is 1.39 bits per heavy atom. The van der Waals surface area contributed by atoms with Crippen LogP contribution in [0.5, 0.6) is 0 Å². The molecule has 0 aliphatic heterocycles. The molecule has 1 aromatic heterocycles. The highest BCUT2D eigenvalue weighted by Gasteiger charge is 2.09. The van der Waals surface area contributed by atoms with Crippen LogP contribution in [0.2, 0.25) is 0 Å². The number of amides is 1. The summed E-state index contributed by atoms with van der Waals surface area (Å²) < 4.78 is 1.98. The van der Waals surface area contributed by atoms with Gasteiger partial charge < -0.3 is 15.2 Å². The SMILES string of the molecule is CCN(C)C(=O)Cn1ccc2ccc(CN)cc21. The van der Waals surface area contributed by atoms with E-state index in [2.05, 4.69) is 6.07 Å². The van der Waals surface area contributed by atoms with Crippen molar-refractivity contribution in [2.75, 3.05) is 13.6 Å². The van der Waals surface area contributed by atoms with Gasteiger partial charge in [0.15, 0.2) is 0 Å². The highest BCUT2D eigenvalue weighted by Crippen LogP contribution is 2.17. The minimum atomic E-state index is 0.119. The quantitative estimate of drug-likeness (QED) is 0.889. The number of carbonyl (C=O) groups excluding carboxylic acids is 1. The lowest BCUT2D eigenvalue weighted by Crippen LogP contribution is -2.29. The molecule has 18 heavy (non-hydrogen) atoms. The molecule has 0 aliphatic carbocycles. The Hall–Kier alpha value is -1.81. The fraction of sp³-hybridized carbons (Fsp3) is 0.357. The number of carbonyl (C=O) groups is 1. The second kappa shape index (κ2) is 5.23. The van der Waals surface area contributed by atoms with Crippen LogP contribution in [-0.2, 0) is 17.9 Å². The van der Waals surface area contributed by atoms with Crippen molar-refractivity contribution in [3.63, 3.8) is 0 Å². The fourth-order valence-electron chi connectivity index (χ4n) is 1.94. The van der Waals surface area contributed by atoms with Crippen molar-refractivity contribution in [1.29, 1.82) is 0 Å². The summed E-state index contributed by atoms with van der Waals surface area (Å²) in [5.41, 5.74) is 7.79. The number of likely N-dealkylation sites (N-methyl/N-ethyl adjacent to an activating group) is 1. The first-order valence-electron chi connectivity index (χ1n) is 6.17. The molecule has 2 rings (SSSR count). The predicted molar refractivity (Wildman–Crippen MR) is 73.1 cm³/mol. The molecule has 0 saturated carbocycles.